The van der Waals surface area contributed by atoms with Gasteiger partial charge in [-0.3, -0.25) is 9.78 Å². The maximum absolute atomic E-state index is 12.7. The summed E-state index contributed by atoms with van der Waals surface area (Å²) in [5.74, 6) is 1.05. The molecule has 3 aromatic rings. The molecular weight excluding hydrogens is 376 g/mol. The van der Waals surface area contributed by atoms with Crippen LogP contribution in [0.25, 0.3) is 10.9 Å². The number of hydrogen-bond donors (Lipinski definition) is 1. The molecule has 1 heterocycles. The van der Waals surface area contributed by atoms with E-state index in [4.69, 9.17) is 21.1 Å². The number of amides is 1. The van der Waals surface area contributed by atoms with Crippen molar-refractivity contribution < 1.29 is 14.3 Å². The molecule has 0 saturated heterocycles. The summed E-state index contributed by atoms with van der Waals surface area (Å²) in [6, 6.07) is 12.7. The van der Waals surface area contributed by atoms with Crippen molar-refractivity contribution in [1.82, 2.24) is 4.98 Å². The van der Waals surface area contributed by atoms with Gasteiger partial charge in [0.25, 0.3) is 5.91 Å². The molecular formula is C22H23ClN2O3. The van der Waals surface area contributed by atoms with Crippen molar-refractivity contribution >= 4 is 34.1 Å². The third-order valence-electron chi connectivity index (χ3n) is 4.26. The first kappa shape index (κ1) is 20.0. The van der Waals surface area contributed by atoms with Gasteiger partial charge < -0.3 is 14.8 Å². The standard InChI is InChI=1S/C22H23ClN2O3/c1-4-12-27-20-10-9-19(17-6-5-11-24-21(17)20)25-22(26)15(3)28-16-7-8-18(23)14(2)13-16/h5-11,13,15H,4,12H2,1-3H3,(H,25,26). The number of hydrogen-bond acceptors (Lipinski definition) is 4. The van der Waals surface area contributed by atoms with Crippen molar-refractivity contribution in [3.05, 3.63) is 59.2 Å². The fourth-order valence-corrected chi connectivity index (χ4v) is 2.88. The number of pyridine rings is 1. The Bertz CT molecular complexity index is 991. The van der Waals surface area contributed by atoms with Crippen molar-refractivity contribution in [3.8, 4) is 11.5 Å². The smallest absolute Gasteiger partial charge is 0.265 e. The number of nitrogens with zero attached hydrogens (tertiary/aromatic N) is 1. The van der Waals surface area contributed by atoms with Gasteiger partial charge in [0.15, 0.2) is 6.10 Å². The normalized spacial score (nSPS) is 11.9. The Labute approximate surface area is 169 Å². The number of halogens is 1. The van der Waals surface area contributed by atoms with Crippen molar-refractivity contribution in [2.45, 2.75) is 33.3 Å². The average Bonchev–Trinajstić information content (AvgIpc) is 2.70. The monoisotopic (exact) mass is 398 g/mol. The van der Waals surface area contributed by atoms with Crippen LogP contribution in [0.1, 0.15) is 25.8 Å². The van der Waals surface area contributed by atoms with E-state index in [2.05, 4.69) is 10.3 Å². The number of carbonyl (C=O) groups is 1. The van der Waals surface area contributed by atoms with Crippen LogP contribution in [0.2, 0.25) is 5.02 Å². The molecule has 3 rings (SSSR count). The van der Waals surface area contributed by atoms with Crippen LogP contribution in [0.3, 0.4) is 0 Å². The molecule has 1 amide bonds. The highest BCUT2D eigenvalue weighted by Gasteiger charge is 2.17. The minimum atomic E-state index is -0.677. The van der Waals surface area contributed by atoms with Crippen LogP contribution in [0, 0.1) is 6.92 Å². The Hall–Kier alpha value is -2.79. The van der Waals surface area contributed by atoms with Crippen LogP contribution in [-0.2, 0) is 4.79 Å². The summed E-state index contributed by atoms with van der Waals surface area (Å²) in [5, 5.41) is 4.41. The summed E-state index contributed by atoms with van der Waals surface area (Å²) in [4.78, 5) is 17.1. The van der Waals surface area contributed by atoms with E-state index >= 15 is 0 Å². The third kappa shape index (κ3) is 4.54. The summed E-state index contributed by atoms with van der Waals surface area (Å²) in [6.45, 7) is 6.26. The fraction of sp³-hybridized carbons (Fsp3) is 0.273. The van der Waals surface area contributed by atoms with Gasteiger partial charge in [0, 0.05) is 16.6 Å². The number of aryl methyl sites for hydroxylation is 1. The van der Waals surface area contributed by atoms with Crippen LogP contribution < -0.4 is 14.8 Å². The highest BCUT2D eigenvalue weighted by atomic mass is 35.5. The quantitative estimate of drug-likeness (QED) is 0.579. The molecule has 0 fully saturated rings. The lowest BCUT2D eigenvalue weighted by atomic mass is 10.1. The molecule has 1 aromatic heterocycles. The Morgan fingerprint density at radius 3 is 2.82 bits per heavy atom. The minimum Gasteiger partial charge on any atom is -0.491 e. The highest BCUT2D eigenvalue weighted by molar-refractivity contribution is 6.31. The number of ether oxygens (including phenoxy) is 2. The van der Waals surface area contributed by atoms with Gasteiger partial charge in [-0.05, 0) is 68.3 Å². The van der Waals surface area contributed by atoms with E-state index in [9.17, 15) is 4.79 Å². The zero-order valence-electron chi connectivity index (χ0n) is 16.2. The molecule has 6 heteroatoms. The molecule has 5 nitrogen and oxygen atoms in total. The first-order chi connectivity index (χ1) is 13.5. The van der Waals surface area contributed by atoms with E-state index in [-0.39, 0.29) is 5.91 Å². The lowest BCUT2D eigenvalue weighted by Gasteiger charge is -2.17. The Balaban J connectivity index is 1.77. The molecule has 0 aliphatic carbocycles. The van der Waals surface area contributed by atoms with Gasteiger partial charge in [-0.25, -0.2) is 0 Å². The van der Waals surface area contributed by atoms with Crippen molar-refractivity contribution in [2.75, 3.05) is 11.9 Å². The van der Waals surface area contributed by atoms with E-state index in [1.807, 2.05) is 44.2 Å². The zero-order valence-corrected chi connectivity index (χ0v) is 16.9. The molecule has 0 spiro atoms. The molecule has 2 aromatic carbocycles. The maximum Gasteiger partial charge on any atom is 0.265 e. The number of carbonyl (C=O) groups excluding carboxylic acids is 1. The fourth-order valence-electron chi connectivity index (χ4n) is 2.77. The molecule has 0 aliphatic heterocycles. The topological polar surface area (TPSA) is 60.5 Å². The number of aromatic nitrogens is 1. The third-order valence-corrected chi connectivity index (χ3v) is 4.69. The molecule has 146 valence electrons. The maximum atomic E-state index is 12.7. The molecule has 28 heavy (non-hydrogen) atoms. The average molecular weight is 399 g/mol. The number of rotatable bonds is 7. The van der Waals surface area contributed by atoms with Crippen molar-refractivity contribution in [2.24, 2.45) is 0 Å². The van der Waals surface area contributed by atoms with Gasteiger partial charge in [-0.2, -0.15) is 0 Å². The number of fused-ring (bicyclic) bond motifs is 1. The van der Waals surface area contributed by atoms with Gasteiger partial charge >= 0.3 is 0 Å². The second kappa shape index (κ2) is 8.93. The van der Waals surface area contributed by atoms with Crippen molar-refractivity contribution in [3.63, 3.8) is 0 Å². The van der Waals surface area contributed by atoms with Crippen LogP contribution in [0.15, 0.2) is 48.7 Å². The lowest BCUT2D eigenvalue weighted by molar-refractivity contribution is -0.122. The summed E-state index contributed by atoms with van der Waals surface area (Å²) in [7, 11) is 0. The summed E-state index contributed by atoms with van der Waals surface area (Å²) in [5.41, 5.74) is 2.28. The minimum absolute atomic E-state index is 0.250. The van der Waals surface area contributed by atoms with Gasteiger partial charge in [0.05, 0.1) is 12.3 Å². The first-order valence-corrected chi connectivity index (χ1v) is 9.61. The zero-order chi connectivity index (χ0) is 20.1. The van der Waals surface area contributed by atoms with Gasteiger partial charge in [-0.15, -0.1) is 0 Å². The molecule has 0 bridgehead atoms. The molecule has 1 unspecified atom stereocenters. The van der Waals surface area contributed by atoms with Crippen LogP contribution >= 0.6 is 11.6 Å². The summed E-state index contributed by atoms with van der Waals surface area (Å²) >= 11 is 6.04. The number of nitrogens with one attached hydrogen (secondary N) is 1. The molecule has 0 saturated carbocycles. The highest BCUT2D eigenvalue weighted by Crippen LogP contribution is 2.30. The largest absolute Gasteiger partial charge is 0.491 e. The summed E-state index contributed by atoms with van der Waals surface area (Å²) in [6.07, 6.45) is 1.94. The molecule has 1 N–H and O–H groups in total. The van der Waals surface area contributed by atoms with E-state index in [0.717, 1.165) is 22.9 Å². The molecule has 0 aliphatic rings. The first-order valence-electron chi connectivity index (χ1n) is 9.23. The van der Waals surface area contributed by atoms with E-state index < -0.39 is 6.10 Å². The second-order valence-electron chi connectivity index (χ2n) is 6.52. The van der Waals surface area contributed by atoms with E-state index in [1.54, 1.807) is 25.3 Å². The summed E-state index contributed by atoms with van der Waals surface area (Å²) < 4.78 is 11.5. The Kier molecular flexibility index (Phi) is 6.37. The Morgan fingerprint density at radius 2 is 2.07 bits per heavy atom. The number of anilines is 1. The number of benzene rings is 2. The van der Waals surface area contributed by atoms with Crippen LogP contribution in [-0.4, -0.2) is 23.6 Å². The molecule has 1 atom stereocenters. The van der Waals surface area contributed by atoms with E-state index in [1.165, 1.54) is 0 Å². The van der Waals surface area contributed by atoms with Gasteiger partial charge in [0.2, 0.25) is 0 Å². The van der Waals surface area contributed by atoms with Crippen LogP contribution in [0.5, 0.6) is 11.5 Å². The van der Waals surface area contributed by atoms with Crippen molar-refractivity contribution in [1.29, 1.82) is 0 Å². The molecule has 0 radical (unpaired) electrons. The second-order valence-corrected chi connectivity index (χ2v) is 6.93. The van der Waals surface area contributed by atoms with Gasteiger partial charge in [0.1, 0.15) is 17.0 Å². The van der Waals surface area contributed by atoms with Gasteiger partial charge in [-0.1, -0.05) is 18.5 Å². The lowest BCUT2D eigenvalue weighted by Crippen LogP contribution is -2.30. The van der Waals surface area contributed by atoms with E-state index in [0.29, 0.717) is 28.8 Å². The Morgan fingerprint density at radius 1 is 1.25 bits per heavy atom. The predicted octanol–water partition coefficient (Wildman–Crippen LogP) is 5.39. The SMILES string of the molecule is CCCOc1ccc(NC(=O)C(C)Oc2ccc(Cl)c(C)c2)c2cccnc12. The van der Waals surface area contributed by atoms with Crippen LogP contribution in [0.4, 0.5) is 5.69 Å². The predicted molar refractivity (Wildman–Crippen MR) is 112 cm³/mol.